The zero-order valence-corrected chi connectivity index (χ0v) is 19.4. The number of methoxy groups -OCH3 is 3. The second-order valence-electron chi connectivity index (χ2n) is 6.65. The summed E-state index contributed by atoms with van der Waals surface area (Å²) in [7, 11) is 4.21. The van der Waals surface area contributed by atoms with Crippen LogP contribution in [0.3, 0.4) is 0 Å². The standard InChI is InChI=1S/C22H19ClN2O7S/c1-30-14-6-12(7-15(10-14)31-2)8-18-20(27)25(22(29)33-18)11-19(26)24-13-4-5-17(23)16(9-13)21(28)32-3/h4-10H,11H2,1-3H3,(H,24,26)/b18-8+. The smallest absolute Gasteiger partial charge is 0.339 e. The van der Waals surface area contributed by atoms with Crippen LogP contribution < -0.4 is 14.8 Å². The number of carbonyl (C=O) groups excluding carboxylic acids is 4. The van der Waals surface area contributed by atoms with E-state index in [1.807, 2.05) is 0 Å². The Morgan fingerprint density at radius 2 is 1.73 bits per heavy atom. The van der Waals surface area contributed by atoms with Gasteiger partial charge in [0.15, 0.2) is 0 Å². The van der Waals surface area contributed by atoms with Gasteiger partial charge in [-0.15, -0.1) is 0 Å². The molecule has 1 aliphatic heterocycles. The summed E-state index contributed by atoms with van der Waals surface area (Å²) in [5.41, 5.74) is 0.924. The van der Waals surface area contributed by atoms with Crippen LogP contribution in [0.2, 0.25) is 5.02 Å². The molecule has 0 aliphatic carbocycles. The van der Waals surface area contributed by atoms with Gasteiger partial charge in [-0.2, -0.15) is 0 Å². The van der Waals surface area contributed by atoms with Crippen LogP contribution >= 0.6 is 23.4 Å². The van der Waals surface area contributed by atoms with Gasteiger partial charge in [-0.05, 0) is 53.7 Å². The molecule has 1 heterocycles. The van der Waals surface area contributed by atoms with Crippen LogP contribution in [-0.2, 0) is 14.3 Å². The molecule has 1 N–H and O–H groups in total. The topological polar surface area (TPSA) is 111 Å². The molecule has 172 valence electrons. The third kappa shape index (κ3) is 5.65. The monoisotopic (exact) mass is 490 g/mol. The van der Waals surface area contributed by atoms with Crippen LogP contribution in [0.4, 0.5) is 10.5 Å². The summed E-state index contributed by atoms with van der Waals surface area (Å²) in [4.78, 5) is 50.3. The van der Waals surface area contributed by atoms with Crippen LogP contribution in [0.15, 0.2) is 41.3 Å². The van der Waals surface area contributed by atoms with E-state index in [0.717, 1.165) is 16.7 Å². The lowest BCUT2D eigenvalue weighted by Gasteiger charge is -2.13. The molecular formula is C22H19ClN2O7S. The van der Waals surface area contributed by atoms with Gasteiger partial charge in [-0.25, -0.2) is 4.79 Å². The van der Waals surface area contributed by atoms with Crippen molar-refractivity contribution in [2.45, 2.75) is 0 Å². The average Bonchev–Trinajstić information content (AvgIpc) is 3.06. The third-order valence-electron chi connectivity index (χ3n) is 4.50. The first-order chi connectivity index (χ1) is 15.7. The molecule has 11 heteroatoms. The van der Waals surface area contributed by atoms with Gasteiger partial charge in [0.2, 0.25) is 5.91 Å². The second-order valence-corrected chi connectivity index (χ2v) is 8.05. The molecule has 0 atom stereocenters. The summed E-state index contributed by atoms with van der Waals surface area (Å²) in [6.45, 7) is -0.500. The van der Waals surface area contributed by atoms with Gasteiger partial charge in [-0.1, -0.05) is 11.6 Å². The highest BCUT2D eigenvalue weighted by molar-refractivity contribution is 8.18. The molecule has 3 rings (SSSR count). The molecule has 1 aliphatic rings. The Hall–Kier alpha value is -3.50. The number of amides is 3. The van der Waals surface area contributed by atoms with E-state index >= 15 is 0 Å². The number of nitrogens with one attached hydrogen (secondary N) is 1. The minimum atomic E-state index is -0.665. The summed E-state index contributed by atoms with van der Waals surface area (Å²) in [6.07, 6.45) is 1.52. The fourth-order valence-corrected chi connectivity index (χ4v) is 3.95. The third-order valence-corrected chi connectivity index (χ3v) is 5.74. The van der Waals surface area contributed by atoms with Gasteiger partial charge >= 0.3 is 5.97 Å². The van der Waals surface area contributed by atoms with Gasteiger partial charge in [0.1, 0.15) is 18.0 Å². The summed E-state index contributed by atoms with van der Waals surface area (Å²) >= 11 is 6.69. The van der Waals surface area contributed by atoms with Gasteiger partial charge in [0.25, 0.3) is 11.1 Å². The number of nitrogens with zero attached hydrogens (tertiary/aromatic N) is 1. The largest absolute Gasteiger partial charge is 0.497 e. The SMILES string of the molecule is COC(=O)c1cc(NC(=O)CN2C(=O)S/C(=C/c3cc(OC)cc(OC)c3)C2=O)ccc1Cl. The van der Waals surface area contributed by atoms with E-state index in [1.165, 1.54) is 45.6 Å². The Kier molecular flexibility index (Phi) is 7.62. The number of esters is 1. The molecular weight excluding hydrogens is 472 g/mol. The molecule has 0 aromatic heterocycles. The minimum absolute atomic E-state index is 0.0692. The van der Waals surface area contributed by atoms with Crippen molar-refractivity contribution in [2.24, 2.45) is 0 Å². The lowest BCUT2D eigenvalue weighted by Crippen LogP contribution is -2.36. The number of thioether (sulfide) groups is 1. The first-order valence-electron chi connectivity index (χ1n) is 9.42. The van der Waals surface area contributed by atoms with Crippen LogP contribution in [0.25, 0.3) is 6.08 Å². The van der Waals surface area contributed by atoms with E-state index in [4.69, 9.17) is 21.1 Å². The van der Waals surface area contributed by atoms with E-state index in [0.29, 0.717) is 17.1 Å². The van der Waals surface area contributed by atoms with Crippen LogP contribution in [0.5, 0.6) is 11.5 Å². The van der Waals surface area contributed by atoms with E-state index < -0.39 is 29.6 Å². The molecule has 0 unspecified atom stereocenters. The van der Waals surface area contributed by atoms with Crippen molar-refractivity contribution < 1.29 is 33.4 Å². The number of imide groups is 1. The number of halogens is 1. The van der Waals surface area contributed by atoms with E-state index in [1.54, 1.807) is 18.2 Å². The fourth-order valence-electron chi connectivity index (χ4n) is 2.91. The fraction of sp³-hybridized carbons (Fsp3) is 0.182. The van der Waals surface area contributed by atoms with Crippen molar-refractivity contribution in [1.82, 2.24) is 4.90 Å². The lowest BCUT2D eigenvalue weighted by atomic mass is 10.2. The summed E-state index contributed by atoms with van der Waals surface area (Å²) in [5.74, 6) is -0.851. The number of hydrogen-bond donors (Lipinski definition) is 1. The highest BCUT2D eigenvalue weighted by Gasteiger charge is 2.36. The molecule has 0 radical (unpaired) electrons. The highest BCUT2D eigenvalue weighted by Crippen LogP contribution is 2.33. The first-order valence-corrected chi connectivity index (χ1v) is 10.6. The van der Waals surface area contributed by atoms with Gasteiger partial charge in [0, 0.05) is 11.8 Å². The molecule has 9 nitrogen and oxygen atoms in total. The van der Waals surface area contributed by atoms with Gasteiger partial charge in [0.05, 0.1) is 36.8 Å². The van der Waals surface area contributed by atoms with Crippen molar-refractivity contribution in [3.63, 3.8) is 0 Å². The molecule has 1 fully saturated rings. The van der Waals surface area contributed by atoms with Crippen LogP contribution in [-0.4, -0.2) is 55.8 Å². The summed E-state index contributed by atoms with van der Waals surface area (Å²) in [5, 5.41) is 2.11. The highest BCUT2D eigenvalue weighted by atomic mass is 35.5. The zero-order chi connectivity index (χ0) is 24.1. The van der Waals surface area contributed by atoms with Crippen molar-refractivity contribution >= 4 is 58.1 Å². The molecule has 2 aromatic rings. The van der Waals surface area contributed by atoms with E-state index in [-0.39, 0.29) is 21.2 Å². The Bertz CT molecular complexity index is 1140. The predicted molar refractivity (Wildman–Crippen MR) is 124 cm³/mol. The molecule has 2 aromatic carbocycles. The molecule has 33 heavy (non-hydrogen) atoms. The molecule has 0 spiro atoms. The molecule has 3 amide bonds. The molecule has 0 bridgehead atoms. The maximum atomic E-state index is 12.7. The number of ether oxygens (including phenoxy) is 3. The second kappa shape index (κ2) is 10.4. The van der Waals surface area contributed by atoms with Crippen molar-refractivity contribution in [3.8, 4) is 11.5 Å². The minimum Gasteiger partial charge on any atom is -0.497 e. The van der Waals surface area contributed by atoms with Crippen molar-refractivity contribution in [3.05, 3.63) is 57.5 Å². The lowest BCUT2D eigenvalue weighted by molar-refractivity contribution is -0.127. The maximum Gasteiger partial charge on any atom is 0.339 e. The van der Waals surface area contributed by atoms with Crippen LogP contribution in [0.1, 0.15) is 15.9 Å². The van der Waals surface area contributed by atoms with E-state index in [2.05, 4.69) is 10.1 Å². The Balaban J connectivity index is 1.73. The first kappa shape index (κ1) is 24.1. The number of hydrogen-bond acceptors (Lipinski definition) is 8. The maximum absolute atomic E-state index is 12.7. The Morgan fingerprint density at radius 3 is 2.33 bits per heavy atom. The summed E-state index contributed by atoms with van der Waals surface area (Å²) < 4.78 is 15.1. The normalized spacial score (nSPS) is 14.4. The van der Waals surface area contributed by atoms with E-state index in [9.17, 15) is 19.2 Å². The predicted octanol–water partition coefficient (Wildman–Crippen LogP) is 3.82. The number of carbonyl (C=O) groups is 4. The van der Waals surface area contributed by atoms with Crippen LogP contribution in [0, 0.1) is 0 Å². The Labute approximate surface area is 198 Å². The quantitative estimate of drug-likeness (QED) is 0.460. The number of rotatable bonds is 7. The van der Waals surface area contributed by atoms with Gasteiger partial charge < -0.3 is 19.5 Å². The molecule has 0 saturated carbocycles. The van der Waals surface area contributed by atoms with Crippen molar-refractivity contribution in [2.75, 3.05) is 33.2 Å². The average molecular weight is 491 g/mol. The Morgan fingerprint density at radius 1 is 1.06 bits per heavy atom. The van der Waals surface area contributed by atoms with Gasteiger partial charge in [-0.3, -0.25) is 19.3 Å². The summed E-state index contributed by atoms with van der Waals surface area (Å²) in [6, 6.07) is 9.29. The number of benzene rings is 2. The molecule has 1 saturated heterocycles. The van der Waals surface area contributed by atoms with Crippen molar-refractivity contribution in [1.29, 1.82) is 0 Å². The number of anilines is 1. The zero-order valence-electron chi connectivity index (χ0n) is 17.8.